The number of nitriles is 1. The minimum atomic E-state index is -0.412. The van der Waals surface area contributed by atoms with Gasteiger partial charge in [0.1, 0.15) is 17.4 Å². The lowest BCUT2D eigenvalue weighted by molar-refractivity contribution is 0.475. The fraction of sp³-hybridized carbons (Fsp3) is 0.235. The van der Waals surface area contributed by atoms with Gasteiger partial charge in [-0.25, -0.2) is 4.68 Å². The lowest BCUT2D eigenvalue weighted by atomic mass is 10.1. The average Bonchev–Trinajstić information content (AvgIpc) is 2.49. The van der Waals surface area contributed by atoms with Crippen molar-refractivity contribution in [2.45, 2.75) is 27.2 Å². The first-order valence-electron chi connectivity index (χ1n) is 6.98. The van der Waals surface area contributed by atoms with Gasteiger partial charge >= 0.3 is 0 Å². The smallest absolute Gasteiger partial charge is 0.289 e. The van der Waals surface area contributed by atoms with E-state index in [1.165, 1.54) is 4.68 Å². The Morgan fingerprint density at radius 3 is 2.50 bits per heavy atom. The number of aryl methyl sites for hydroxylation is 2. The number of phenols is 1. The maximum absolute atomic E-state index is 12.4. The third-order valence-electron chi connectivity index (χ3n) is 3.43. The van der Waals surface area contributed by atoms with Crippen molar-refractivity contribution >= 4 is 5.71 Å². The molecule has 5 nitrogen and oxygen atoms in total. The Balaban J connectivity index is 2.63. The fourth-order valence-electron chi connectivity index (χ4n) is 2.25. The summed E-state index contributed by atoms with van der Waals surface area (Å²) in [6.07, 6.45) is 0.617. The van der Waals surface area contributed by atoms with Crippen molar-refractivity contribution in [3.05, 3.63) is 63.1 Å². The lowest BCUT2D eigenvalue weighted by Crippen LogP contribution is -2.24. The van der Waals surface area contributed by atoms with Crippen molar-refractivity contribution < 1.29 is 5.11 Å². The van der Waals surface area contributed by atoms with Gasteiger partial charge in [-0.3, -0.25) is 4.79 Å². The van der Waals surface area contributed by atoms with Gasteiger partial charge in [-0.05, 0) is 61.7 Å². The van der Waals surface area contributed by atoms with E-state index in [1.807, 2.05) is 13.0 Å². The molecule has 1 N–H and O–H groups in total. The molecule has 0 aliphatic carbocycles. The molecule has 2 rings (SSSR count). The molecule has 0 aliphatic rings. The Labute approximate surface area is 128 Å². The van der Waals surface area contributed by atoms with E-state index in [0.29, 0.717) is 23.4 Å². The molecule has 0 saturated heterocycles. The molecule has 2 aromatic rings. The van der Waals surface area contributed by atoms with Gasteiger partial charge in [-0.2, -0.15) is 10.4 Å². The molecule has 1 heterocycles. The highest BCUT2D eigenvalue weighted by Crippen LogP contribution is 2.13. The number of pyridine rings is 1. The molecule has 22 heavy (non-hydrogen) atoms. The Hall–Kier alpha value is -2.87. The van der Waals surface area contributed by atoms with E-state index >= 15 is 0 Å². The summed E-state index contributed by atoms with van der Waals surface area (Å²) in [4.78, 5) is 12.4. The van der Waals surface area contributed by atoms with Crippen LogP contribution in [0.15, 0.2) is 40.2 Å². The van der Waals surface area contributed by atoms with Gasteiger partial charge in [-0.15, -0.1) is 0 Å². The second kappa shape index (κ2) is 6.27. The van der Waals surface area contributed by atoms with Gasteiger partial charge in [0, 0.05) is 5.69 Å². The Morgan fingerprint density at radius 2 is 1.95 bits per heavy atom. The molecular weight excluding hydrogens is 278 g/mol. The van der Waals surface area contributed by atoms with Crippen molar-refractivity contribution in [3.8, 4) is 11.8 Å². The zero-order valence-corrected chi connectivity index (χ0v) is 12.8. The van der Waals surface area contributed by atoms with E-state index < -0.39 is 5.56 Å². The SMILES string of the molecule is CCC(=Nn1c(C)cc(C)c(C#N)c1=O)c1ccc(O)cc1. The van der Waals surface area contributed by atoms with Crippen LogP contribution in [0, 0.1) is 25.2 Å². The molecule has 0 bridgehead atoms. The third-order valence-corrected chi connectivity index (χ3v) is 3.43. The van der Waals surface area contributed by atoms with Gasteiger partial charge in [0.25, 0.3) is 5.56 Å². The Morgan fingerprint density at radius 1 is 1.32 bits per heavy atom. The van der Waals surface area contributed by atoms with Crippen LogP contribution in [-0.2, 0) is 0 Å². The molecule has 0 saturated carbocycles. The first kappa shape index (κ1) is 15.5. The predicted molar refractivity (Wildman–Crippen MR) is 85.2 cm³/mol. The van der Waals surface area contributed by atoms with Crippen LogP contribution in [0.3, 0.4) is 0 Å². The Kier molecular flexibility index (Phi) is 4.42. The minimum absolute atomic E-state index is 0.107. The number of hydrogen-bond donors (Lipinski definition) is 1. The molecule has 0 unspecified atom stereocenters. The predicted octanol–water partition coefficient (Wildman–Crippen LogP) is 2.70. The fourth-order valence-corrected chi connectivity index (χ4v) is 2.25. The monoisotopic (exact) mass is 295 g/mol. The molecule has 112 valence electrons. The molecule has 5 heteroatoms. The van der Waals surface area contributed by atoms with Crippen molar-refractivity contribution in [1.29, 1.82) is 5.26 Å². The zero-order valence-electron chi connectivity index (χ0n) is 12.8. The number of hydrogen-bond acceptors (Lipinski definition) is 4. The van der Waals surface area contributed by atoms with Crippen LogP contribution in [-0.4, -0.2) is 15.5 Å². The first-order chi connectivity index (χ1) is 10.5. The largest absolute Gasteiger partial charge is 0.508 e. The molecule has 1 aromatic carbocycles. The molecule has 0 radical (unpaired) electrons. The molecule has 0 amide bonds. The minimum Gasteiger partial charge on any atom is -0.508 e. The standard InChI is InChI=1S/C17H17N3O2/c1-4-16(13-5-7-14(21)8-6-13)19-20-12(3)9-11(2)15(10-18)17(20)22/h5-9,21H,4H2,1-3H3. The van der Waals surface area contributed by atoms with Crippen molar-refractivity contribution in [3.63, 3.8) is 0 Å². The van der Waals surface area contributed by atoms with Crippen LogP contribution in [0.4, 0.5) is 0 Å². The van der Waals surface area contributed by atoms with Gasteiger partial charge in [0.2, 0.25) is 0 Å². The molecule has 1 aromatic heterocycles. The van der Waals surface area contributed by atoms with Crippen molar-refractivity contribution in [2.75, 3.05) is 0 Å². The van der Waals surface area contributed by atoms with E-state index in [4.69, 9.17) is 5.26 Å². The highest BCUT2D eigenvalue weighted by Gasteiger charge is 2.11. The lowest BCUT2D eigenvalue weighted by Gasteiger charge is -2.10. The van der Waals surface area contributed by atoms with Crippen LogP contribution in [0.25, 0.3) is 0 Å². The van der Waals surface area contributed by atoms with Crippen molar-refractivity contribution in [2.24, 2.45) is 5.10 Å². The average molecular weight is 295 g/mol. The number of phenolic OH excluding ortho intramolecular Hbond substituents is 1. The van der Waals surface area contributed by atoms with Crippen LogP contribution >= 0.6 is 0 Å². The second-order valence-corrected chi connectivity index (χ2v) is 5.02. The van der Waals surface area contributed by atoms with Crippen LogP contribution in [0.5, 0.6) is 5.75 Å². The molecular formula is C17H17N3O2. The third kappa shape index (κ3) is 2.91. The molecule has 0 atom stereocenters. The normalized spacial score (nSPS) is 11.3. The van der Waals surface area contributed by atoms with E-state index in [2.05, 4.69) is 5.10 Å². The van der Waals surface area contributed by atoms with Gasteiger partial charge < -0.3 is 5.11 Å². The van der Waals surface area contributed by atoms with Crippen LogP contribution in [0.1, 0.15) is 35.7 Å². The van der Waals surface area contributed by atoms with Gasteiger partial charge in [-0.1, -0.05) is 6.92 Å². The highest BCUT2D eigenvalue weighted by atomic mass is 16.3. The number of aromatic nitrogens is 1. The van der Waals surface area contributed by atoms with Crippen LogP contribution in [0.2, 0.25) is 0 Å². The van der Waals surface area contributed by atoms with E-state index in [9.17, 15) is 9.90 Å². The second-order valence-electron chi connectivity index (χ2n) is 5.02. The number of nitrogens with zero attached hydrogens (tertiary/aromatic N) is 3. The summed E-state index contributed by atoms with van der Waals surface area (Å²) in [5.74, 6) is 0.176. The molecule has 0 spiro atoms. The van der Waals surface area contributed by atoms with Gasteiger partial charge in [0.05, 0.1) is 5.71 Å². The van der Waals surface area contributed by atoms with E-state index in [0.717, 1.165) is 5.56 Å². The Bertz CT molecular complexity index is 825. The van der Waals surface area contributed by atoms with Crippen molar-refractivity contribution in [1.82, 2.24) is 4.68 Å². The summed E-state index contributed by atoms with van der Waals surface area (Å²) in [7, 11) is 0. The van der Waals surface area contributed by atoms with Gasteiger partial charge in [0.15, 0.2) is 0 Å². The first-order valence-corrected chi connectivity index (χ1v) is 6.98. The summed E-state index contributed by atoms with van der Waals surface area (Å²) < 4.78 is 1.26. The topological polar surface area (TPSA) is 78.4 Å². The molecule has 0 aliphatic heterocycles. The number of benzene rings is 1. The van der Waals surface area contributed by atoms with E-state index in [1.54, 1.807) is 44.2 Å². The number of aromatic hydroxyl groups is 1. The molecule has 0 fully saturated rings. The summed E-state index contributed by atoms with van der Waals surface area (Å²) in [6.45, 7) is 5.45. The quantitative estimate of drug-likeness (QED) is 0.884. The van der Waals surface area contributed by atoms with Crippen LogP contribution < -0.4 is 5.56 Å². The summed E-state index contributed by atoms with van der Waals surface area (Å²) in [5.41, 5.74) is 2.55. The van der Waals surface area contributed by atoms with E-state index in [-0.39, 0.29) is 11.3 Å². The maximum atomic E-state index is 12.4. The zero-order chi connectivity index (χ0) is 16.3. The summed E-state index contributed by atoms with van der Waals surface area (Å²) in [5, 5.41) is 22.9. The maximum Gasteiger partial charge on any atom is 0.289 e. The highest BCUT2D eigenvalue weighted by molar-refractivity contribution is 6.00. The summed E-state index contributed by atoms with van der Waals surface area (Å²) >= 11 is 0. The number of rotatable bonds is 3. The summed E-state index contributed by atoms with van der Waals surface area (Å²) in [6, 6.07) is 10.4.